The largest absolute Gasteiger partial charge is 0.167 e. The molecule has 6 nitrogen and oxygen atoms in total. The van der Waals surface area contributed by atoms with Crippen molar-refractivity contribution in [2.45, 2.75) is 83.5 Å². The molecule has 120 valence electrons. The van der Waals surface area contributed by atoms with Gasteiger partial charge in [-0.05, 0) is 33.7 Å². The van der Waals surface area contributed by atoms with Gasteiger partial charge in [0.2, 0.25) is 0 Å². The van der Waals surface area contributed by atoms with Gasteiger partial charge in [0.15, 0.2) is 0 Å². The van der Waals surface area contributed by atoms with Crippen LogP contribution in [-0.4, -0.2) is 13.1 Å². The first-order valence-electron chi connectivity index (χ1n) is 8.63. The van der Waals surface area contributed by atoms with E-state index in [4.69, 9.17) is 0 Å². The minimum Gasteiger partial charge on any atom is -0.167 e. The Bertz CT molecular complexity index is 273. The van der Waals surface area contributed by atoms with Gasteiger partial charge in [0.1, 0.15) is 0 Å². The standard InChI is InChI=1S/C15H30N6/c1-2-4-6-8-10-12-14-16-18-20-21-19-17-15-13-11-9-7-5-3-1/h1-15H2. The summed E-state index contributed by atoms with van der Waals surface area (Å²) >= 11 is 0. The van der Waals surface area contributed by atoms with E-state index in [-0.39, 0.29) is 0 Å². The molecule has 0 fully saturated rings. The highest BCUT2D eigenvalue weighted by molar-refractivity contribution is 4.50. The fourth-order valence-electron chi connectivity index (χ4n) is 2.49. The van der Waals surface area contributed by atoms with Crippen LogP contribution in [0.15, 0.2) is 31.1 Å². The van der Waals surface area contributed by atoms with Gasteiger partial charge in [0, 0.05) is 0 Å². The lowest BCUT2D eigenvalue weighted by Gasteiger charge is -2.02. The minimum atomic E-state index is 0.732. The molecule has 0 radical (unpaired) electrons. The predicted molar refractivity (Wildman–Crippen MR) is 84.3 cm³/mol. The molecule has 0 atom stereocenters. The van der Waals surface area contributed by atoms with E-state index in [1.807, 2.05) is 0 Å². The van der Waals surface area contributed by atoms with Gasteiger partial charge < -0.3 is 0 Å². The summed E-state index contributed by atoms with van der Waals surface area (Å²) in [6.07, 6.45) is 17.0. The molecule has 1 rings (SSSR count). The zero-order chi connectivity index (χ0) is 14.8. The van der Waals surface area contributed by atoms with Crippen LogP contribution in [-0.2, 0) is 0 Å². The molecule has 1 heterocycles. The Morgan fingerprint density at radius 2 is 0.571 bits per heavy atom. The summed E-state index contributed by atoms with van der Waals surface area (Å²) < 4.78 is 0. The second kappa shape index (κ2) is 15.2. The first-order chi connectivity index (χ1) is 10.5. The lowest BCUT2D eigenvalue weighted by molar-refractivity contribution is 0.537. The second-order valence-electron chi connectivity index (χ2n) is 5.68. The van der Waals surface area contributed by atoms with Crippen LogP contribution in [0.3, 0.4) is 0 Å². The molecule has 0 aliphatic carbocycles. The van der Waals surface area contributed by atoms with Gasteiger partial charge in [-0.3, -0.25) is 0 Å². The molecule has 0 amide bonds. The monoisotopic (exact) mass is 294 g/mol. The van der Waals surface area contributed by atoms with Crippen molar-refractivity contribution >= 4 is 0 Å². The van der Waals surface area contributed by atoms with E-state index >= 15 is 0 Å². The molecular weight excluding hydrogens is 264 g/mol. The summed E-state index contributed by atoms with van der Waals surface area (Å²) in [6, 6.07) is 0. The van der Waals surface area contributed by atoms with Crippen molar-refractivity contribution in [1.29, 1.82) is 0 Å². The molecule has 0 unspecified atom stereocenters. The van der Waals surface area contributed by atoms with Crippen molar-refractivity contribution in [3.8, 4) is 0 Å². The molecule has 0 saturated carbocycles. The van der Waals surface area contributed by atoms with E-state index in [2.05, 4.69) is 31.1 Å². The van der Waals surface area contributed by atoms with E-state index in [0.29, 0.717) is 0 Å². The quantitative estimate of drug-likeness (QED) is 0.506. The molecule has 0 spiro atoms. The molecule has 6 heteroatoms. The molecule has 1 aliphatic heterocycles. The summed E-state index contributed by atoms with van der Waals surface area (Å²) in [6.45, 7) is 1.46. The zero-order valence-electron chi connectivity index (χ0n) is 13.3. The fraction of sp³-hybridized carbons (Fsp3) is 1.00. The first-order valence-corrected chi connectivity index (χ1v) is 8.63. The van der Waals surface area contributed by atoms with Crippen molar-refractivity contribution in [2.24, 2.45) is 31.1 Å². The van der Waals surface area contributed by atoms with Gasteiger partial charge in [-0.1, -0.05) is 70.6 Å². The summed E-state index contributed by atoms with van der Waals surface area (Å²) in [5.74, 6) is 0. The molecule has 1 aliphatic rings. The van der Waals surface area contributed by atoms with Crippen LogP contribution in [0.1, 0.15) is 83.5 Å². The Morgan fingerprint density at radius 3 is 0.905 bits per heavy atom. The van der Waals surface area contributed by atoms with Crippen molar-refractivity contribution in [3.05, 3.63) is 0 Å². The third kappa shape index (κ3) is 13.5. The van der Waals surface area contributed by atoms with Crippen molar-refractivity contribution in [3.63, 3.8) is 0 Å². The fourth-order valence-corrected chi connectivity index (χ4v) is 2.49. The van der Waals surface area contributed by atoms with Crippen molar-refractivity contribution in [2.75, 3.05) is 13.1 Å². The summed E-state index contributed by atoms with van der Waals surface area (Å²) in [5.41, 5.74) is 0. The summed E-state index contributed by atoms with van der Waals surface area (Å²) in [5, 5.41) is 22.1. The summed E-state index contributed by atoms with van der Waals surface area (Å²) in [4.78, 5) is 0. The van der Waals surface area contributed by atoms with Crippen LogP contribution < -0.4 is 0 Å². The summed E-state index contributed by atoms with van der Waals surface area (Å²) in [7, 11) is 0. The Labute approximate surface area is 128 Å². The third-order valence-corrected chi connectivity index (χ3v) is 3.76. The Morgan fingerprint density at radius 1 is 0.286 bits per heavy atom. The maximum atomic E-state index is 3.94. The molecule has 21 heavy (non-hydrogen) atoms. The van der Waals surface area contributed by atoms with Gasteiger partial charge >= 0.3 is 0 Å². The second-order valence-corrected chi connectivity index (χ2v) is 5.68. The smallest absolute Gasteiger partial charge is 0.0621 e. The number of hydrogen-bond acceptors (Lipinski definition) is 6. The van der Waals surface area contributed by atoms with Gasteiger partial charge in [-0.15, -0.1) is 0 Å². The molecule has 0 aromatic rings. The molecular formula is C15H30N6. The Hall–Kier alpha value is -1.20. The number of rotatable bonds is 0. The molecule has 0 aromatic heterocycles. The van der Waals surface area contributed by atoms with E-state index in [1.165, 1.54) is 70.6 Å². The van der Waals surface area contributed by atoms with Crippen LogP contribution in [0, 0.1) is 0 Å². The van der Waals surface area contributed by atoms with Crippen LogP contribution in [0.2, 0.25) is 0 Å². The average molecular weight is 294 g/mol. The maximum absolute atomic E-state index is 3.94. The van der Waals surface area contributed by atoms with Crippen molar-refractivity contribution < 1.29 is 0 Å². The van der Waals surface area contributed by atoms with Crippen molar-refractivity contribution in [1.82, 2.24) is 0 Å². The van der Waals surface area contributed by atoms with E-state index in [0.717, 1.165) is 25.9 Å². The lowest BCUT2D eigenvalue weighted by Crippen LogP contribution is -1.85. The predicted octanol–water partition coefficient (Wildman–Crippen LogP) is 6.26. The average Bonchev–Trinajstić information content (AvgIpc) is 2.50. The highest BCUT2D eigenvalue weighted by Crippen LogP contribution is 2.12. The highest BCUT2D eigenvalue weighted by atomic mass is 15.6. The topological polar surface area (TPSA) is 74.2 Å². The zero-order valence-corrected chi connectivity index (χ0v) is 13.3. The van der Waals surface area contributed by atoms with E-state index < -0.39 is 0 Å². The highest BCUT2D eigenvalue weighted by Gasteiger charge is 1.94. The Balaban J connectivity index is 2.17. The minimum absolute atomic E-state index is 0.732. The van der Waals surface area contributed by atoms with Gasteiger partial charge in [0.05, 0.1) is 13.1 Å². The van der Waals surface area contributed by atoms with Crippen LogP contribution in [0.5, 0.6) is 0 Å². The molecule has 0 N–H and O–H groups in total. The maximum Gasteiger partial charge on any atom is 0.0621 e. The van der Waals surface area contributed by atoms with Gasteiger partial charge in [-0.2, -0.15) is 10.2 Å². The Kier molecular flexibility index (Phi) is 12.9. The van der Waals surface area contributed by atoms with Gasteiger partial charge in [-0.25, -0.2) is 0 Å². The third-order valence-electron chi connectivity index (χ3n) is 3.76. The normalized spacial score (nSPS) is 21.7. The lowest BCUT2D eigenvalue weighted by atomic mass is 10.0. The molecule has 0 aromatic carbocycles. The van der Waals surface area contributed by atoms with E-state index in [1.54, 1.807) is 0 Å². The van der Waals surface area contributed by atoms with Crippen LogP contribution in [0.25, 0.3) is 0 Å². The molecule has 0 bridgehead atoms. The SMILES string of the molecule is C1CCCCCCCN=NN=NN=NCCCCCCC1. The van der Waals surface area contributed by atoms with Gasteiger partial charge in [0.25, 0.3) is 0 Å². The first kappa shape index (κ1) is 17.9. The number of nitrogens with zero attached hydrogens (tertiary/aromatic N) is 6. The van der Waals surface area contributed by atoms with E-state index in [9.17, 15) is 0 Å². The molecule has 0 saturated heterocycles. The number of hydrogen-bond donors (Lipinski definition) is 0. The van der Waals surface area contributed by atoms with Crippen LogP contribution >= 0.6 is 0 Å². The van der Waals surface area contributed by atoms with Crippen LogP contribution in [0.4, 0.5) is 0 Å².